The Balaban J connectivity index is 1.68. The fourth-order valence-electron chi connectivity index (χ4n) is 2.51. The number of fused-ring (bicyclic) bond motifs is 1. The van der Waals surface area contributed by atoms with E-state index in [0.717, 1.165) is 11.1 Å². The van der Waals surface area contributed by atoms with Gasteiger partial charge in [0, 0.05) is 6.54 Å². The molecule has 0 saturated heterocycles. The van der Waals surface area contributed by atoms with Gasteiger partial charge in [0.1, 0.15) is 11.3 Å². The lowest BCUT2D eigenvalue weighted by Gasteiger charge is -2.10. The molecule has 0 aliphatic carbocycles. The Bertz CT molecular complexity index is 964. The average molecular weight is 346 g/mol. The lowest BCUT2D eigenvalue weighted by molar-refractivity contribution is 0.414. The summed E-state index contributed by atoms with van der Waals surface area (Å²) in [4.78, 5) is 4.31. The highest BCUT2D eigenvalue weighted by atomic mass is 32.2. The van der Waals surface area contributed by atoms with Crippen LogP contribution in [0, 0.1) is 6.92 Å². The highest BCUT2D eigenvalue weighted by Crippen LogP contribution is 2.21. The first-order valence-corrected chi connectivity index (χ1v) is 8.94. The molecule has 0 bridgehead atoms. The van der Waals surface area contributed by atoms with Crippen LogP contribution in [0.1, 0.15) is 11.1 Å². The third-order valence-electron chi connectivity index (χ3n) is 3.77. The molecule has 7 heteroatoms. The van der Waals surface area contributed by atoms with E-state index in [0.29, 0.717) is 29.9 Å². The molecule has 3 aromatic rings. The summed E-state index contributed by atoms with van der Waals surface area (Å²) in [6.07, 6.45) is 1.95. The maximum Gasteiger partial charge on any atom is 0.240 e. The zero-order chi connectivity index (χ0) is 17.2. The second kappa shape index (κ2) is 6.62. The Hall–Kier alpha value is -2.38. The van der Waals surface area contributed by atoms with E-state index in [-0.39, 0.29) is 4.90 Å². The Morgan fingerprint density at radius 2 is 2.04 bits per heavy atom. The van der Waals surface area contributed by atoms with Gasteiger partial charge in [0.25, 0.3) is 0 Å². The first-order chi connectivity index (χ1) is 11.5. The van der Waals surface area contributed by atoms with E-state index in [1.54, 1.807) is 32.2 Å². The summed E-state index contributed by atoms with van der Waals surface area (Å²) in [5, 5.41) is 0. The number of methoxy groups -OCH3 is 1. The minimum absolute atomic E-state index is 0.258. The second-order valence-corrected chi connectivity index (χ2v) is 7.17. The molecule has 0 unspecified atom stereocenters. The van der Waals surface area contributed by atoms with Crippen molar-refractivity contribution in [3.8, 4) is 5.75 Å². The van der Waals surface area contributed by atoms with Gasteiger partial charge in [-0.3, -0.25) is 0 Å². The van der Waals surface area contributed by atoms with E-state index in [2.05, 4.69) is 9.71 Å². The molecular formula is C17H18N2O4S. The topological polar surface area (TPSA) is 81.4 Å². The Morgan fingerprint density at radius 3 is 2.79 bits per heavy atom. The van der Waals surface area contributed by atoms with E-state index in [4.69, 9.17) is 9.15 Å². The quantitative estimate of drug-likeness (QED) is 0.742. The van der Waals surface area contributed by atoms with Crippen molar-refractivity contribution in [1.29, 1.82) is 0 Å². The van der Waals surface area contributed by atoms with Crippen molar-refractivity contribution in [3.05, 3.63) is 53.9 Å². The average Bonchev–Trinajstić information content (AvgIpc) is 3.02. The second-order valence-electron chi connectivity index (χ2n) is 5.43. The summed E-state index contributed by atoms with van der Waals surface area (Å²) >= 11 is 0. The highest BCUT2D eigenvalue weighted by molar-refractivity contribution is 7.89. The summed E-state index contributed by atoms with van der Waals surface area (Å²) < 4.78 is 37.8. The molecule has 0 spiro atoms. The van der Waals surface area contributed by atoms with Crippen LogP contribution in [0.25, 0.3) is 11.1 Å². The SMILES string of the molecule is COc1ccc(S(=O)(=O)NCCc2ccc3ncoc3c2)c(C)c1. The number of aryl methyl sites for hydroxylation is 1. The lowest BCUT2D eigenvalue weighted by atomic mass is 10.1. The number of sulfonamides is 1. The molecule has 2 aromatic carbocycles. The zero-order valence-corrected chi connectivity index (χ0v) is 14.3. The van der Waals surface area contributed by atoms with E-state index in [1.807, 2.05) is 18.2 Å². The zero-order valence-electron chi connectivity index (χ0n) is 13.4. The van der Waals surface area contributed by atoms with Crippen LogP contribution in [0.3, 0.4) is 0 Å². The van der Waals surface area contributed by atoms with Crippen LogP contribution < -0.4 is 9.46 Å². The summed E-state index contributed by atoms with van der Waals surface area (Å²) in [6.45, 7) is 2.04. The Kier molecular flexibility index (Phi) is 4.55. The molecule has 1 N–H and O–H groups in total. The molecule has 1 heterocycles. The van der Waals surface area contributed by atoms with Gasteiger partial charge < -0.3 is 9.15 Å². The number of ether oxygens (including phenoxy) is 1. The Labute approximate surface area is 140 Å². The number of hydrogen-bond acceptors (Lipinski definition) is 5. The van der Waals surface area contributed by atoms with Gasteiger partial charge >= 0.3 is 0 Å². The van der Waals surface area contributed by atoms with Gasteiger partial charge in [-0.25, -0.2) is 18.1 Å². The van der Waals surface area contributed by atoms with Crippen LogP contribution in [0.4, 0.5) is 0 Å². The molecule has 0 saturated carbocycles. The molecule has 0 aliphatic heterocycles. The van der Waals surface area contributed by atoms with Crippen molar-refractivity contribution in [2.24, 2.45) is 0 Å². The number of nitrogens with one attached hydrogen (secondary N) is 1. The van der Waals surface area contributed by atoms with E-state index >= 15 is 0 Å². The smallest absolute Gasteiger partial charge is 0.240 e. The van der Waals surface area contributed by atoms with Crippen LogP contribution in [0.2, 0.25) is 0 Å². The van der Waals surface area contributed by atoms with Crippen LogP contribution in [-0.2, 0) is 16.4 Å². The largest absolute Gasteiger partial charge is 0.497 e. The Morgan fingerprint density at radius 1 is 1.21 bits per heavy atom. The molecular weight excluding hydrogens is 328 g/mol. The van der Waals surface area contributed by atoms with Crippen LogP contribution in [0.15, 0.2) is 52.1 Å². The number of nitrogens with zero attached hydrogens (tertiary/aromatic N) is 1. The molecule has 126 valence electrons. The summed E-state index contributed by atoms with van der Waals surface area (Å²) in [5.74, 6) is 0.631. The fourth-order valence-corrected chi connectivity index (χ4v) is 3.77. The van der Waals surface area contributed by atoms with Crippen molar-refractivity contribution in [2.75, 3.05) is 13.7 Å². The molecule has 0 amide bonds. The van der Waals surface area contributed by atoms with Gasteiger partial charge in [0.15, 0.2) is 12.0 Å². The van der Waals surface area contributed by atoms with Crippen LogP contribution >= 0.6 is 0 Å². The van der Waals surface area contributed by atoms with E-state index < -0.39 is 10.0 Å². The number of rotatable bonds is 6. The molecule has 0 fully saturated rings. The van der Waals surface area contributed by atoms with Crippen LogP contribution in [0.5, 0.6) is 5.75 Å². The molecule has 3 rings (SSSR count). The van der Waals surface area contributed by atoms with Crippen molar-refractivity contribution >= 4 is 21.1 Å². The maximum absolute atomic E-state index is 12.4. The first-order valence-electron chi connectivity index (χ1n) is 7.46. The number of hydrogen-bond donors (Lipinski definition) is 1. The maximum atomic E-state index is 12.4. The van der Waals surface area contributed by atoms with Crippen LogP contribution in [-0.4, -0.2) is 27.1 Å². The summed E-state index contributed by atoms with van der Waals surface area (Å²) in [6, 6.07) is 10.5. The van der Waals surface area contributed by atoms with E-state index in [1.165, 1.54) is 6.39 Å². The third kappa shape index (κ3) is 3.42. The van der Waals surface area contributed by atoms with Gasteiger partial charge in [0.05, 0.1) is 12.0 Å². The number of oxazole rings is 1. The van der Waals surface area contributed by atoms with Gasteiger partial charge in [-0.05, 0) is 54.8 Å². The number of benzene rings is 2. The van der Waals surface area contributed by atoms with Crippen molar-refractivity contribution < 1.29 is 17.6 Å². The fraction of sp³-hybridized carbons (Fsp3) is 0.235. The summed E-state index contributed by atoms with van der Waals surface area (Å²) in [5.41, 5.74) is 3.10. The molecule has 0 radical (unpaired) electrons. The van der Waals surface area contributed by atoms with Gasteiger partial charge in [-0.15, -0.1) is 0 Å². The van der Waals surface area contributed by atoms with Crippen molar-refractivity contribution in [1.82, 2.24) is 9.71 Å². The van der Waals surface area contributed by atoms with Gasteiger partial charge in [-0.2, -0.15) is 0 Å². The van der Waals surface area contributed by atoms with Crippen molar-refractivity contribution in [3.63, 3.8) is 0 Å². The van der Waals surface area contributed by atoms with E-state index in [9.17, 15) is 8.42 Å². The minimum atomic E-state index is -3.56. The predicted molar refractivity (Wildman–Crippen MR) is 90.6 cm³/mol. The third-order valence-corrected chi connectivity index (χ3v) is 5.39. The van der Waals surface area contributed by atoms with Crippen molar-refractivity contribution in [2.45, 2.75) is 18.2 Å². The van der Waals surface area contributed by atoms with Gasteiger partial charge in [-0.1, -0.05) is 6.07 Å². The predicted octanol–water partition coefficient (Wildman–Crippen LogP) is 2.67. The first kappa shape index (κ1) is 16.5. The molecule has 0 aliphatic rings. The highest BCUT2D eigenvalue weighted by Gasteiger charge is 2.16. The normalized spacial score (nSPS) is 11.8. The molecule has 0 atom stereocenters. The monoisotopic (exact) mass is 346 g/mol. The standard InChI is InChI=1S/C17H18N2O4S/c1-12-9-14(22-2)4-6-17(12)24(20,21)19-8-7-13-3-5-15-16(10-13)23-11-18-15/h3-6,9-11,19H,7-8H2,1-2H3. The molecule has 1 aromatic heterocycles. The lowest BCUT2D eigenvalue weighted by Crippen LogP contribution is -2.26. The van der Waals surface area contributed by atoms with Gasteiger partial charge in [0.2, 0.25) is 10.0 Å². The summed E-state index contributed by atoms with van der Waals surface area (Å²) in [7, 11) is -2.01. The molecule has 6 nitrogen and oxygen atoms in total. The minimum Gasteiger partial charge on any atom is -0.497 e. The number of aromatic nitrogens is 1. The molecule has 24 heavy (non-hydrogen) atoms.